The Morgan fingerprint density at radius 2 is 2.13 bits per heavy atom. The van der Waals surface area contributed by atoms with Crippen molar-refractivity contribution in [2.75, 3.05) is 14.2 Å². The quantitative estimate of drug-likeness (QED) is 0.457. The van der Waals surface area contributed by atoms with Gasteiger partial charge in [0.25, 0.3) is 0 Å². The van der Waals surface area contributed by atoms with E-state index in [-0.39, 0.29) is 0 Å². The van der Waals surface area contributed by atoms with Gasteiger partial charge in [0.2, 0.25) is 0 Å². The Hall–Kier alpha value is -0.920. The Bertz CT molecular complexity index is 641. The third-order valence-electron chi connectivity index (χ3n) is 5.20. The molecule has 2 bridgehead atoms. The van der Waals surface area contributed by atoms with Gasteiger partial charge in [0.15, 0.2) is 0 Å². The fourth-order valence-corrected chi connectivity index (χ4v) is 4.36. The monoisotopic (exact) mass is 426 g/mol. The summed E-state index contributed by atoms with van der Waals surface area (Å²) in [6.45, 7) is 2.06. The molecule has 124 valence electrons. The molecule has 1 fully saturated rings. The molecule has 3 atom stereocenters. The van der Waals surface area contributed by atoms with E-state index in [0.29, 0.717) is 6.04 Å². The average molecular weight is 426 g/mol. The number of hydrogen-bond acceptors (Lipinski definition) is 4. The Labute approximate surface area is 151 Å². The van der Waals surface area contributed by atoms with E-state index in [1.807, 2.05) is 0 Å². The summed E-state index contributed by atoms with van der Waals surface area (Å²) in [6.07, 6.45) is 4.24. The first-order chi connectivity index (χ1) is 11.0. The first-order valence-electron chi connectivity index (χ1n) is 8.02. The van der Waals surface area contributed by atoms with Crippen LogP contribution in [0.15, 0.2) is 35.5 Å². The number of fused-ring (bicyclic) bond motifs is 2. The number of oxime groups is 1. The fourth-order valence-electron chi connectivity index (χ4n) is 4.00. The number of hydrogen-bond donors (Lipinski definition) is 1. The zero-order valence-electron chi connectivity index (χ0n) is 13.8. The molecule has 4 nitrogen and oxygen atoms in total. The highest BCUT2D eigenvalue weighted by atomic mass is 127. The minimum Gasteiger partial charge on any atom is -0.399 e. The van der Waals surface area contributed by atoms with Crippen LogP contribution < -0.4 is 0 Å². The molecule has 2 aliphatic rings. The lowest BCUT2D eigenvalue weighted by molar-refractivity contribution is 0.106. The first-order valence-corrected chi connectivity index (χ1v) is 9.10. The van der Waals surface area contributed by atoms with Gasteiger partial charge in [-0.25, -0.2) is 0 Å². The standard InChI is InChI=1S/C18H23IN2O2/c1-4-16(20-23-3)18-11-13(12-5-7-14(19)8-6-12)9-15(21(18)2)10-17(18)22/h5-8,11,15,17,22H,4,9-10H2,1-3H3/t15?,17?,18-/m0/s1. The van der Waals surface area contributed by atoms with Crippen molar-refractivity contribution in [3.05, 3.63) is 39.5 Å². The van der Waals surface area contributed by atoms with Crippen molar-refractivity contribution in [3.63, 3.8) is 0 Å². The molecule has 2 unspecified atom stereocenters. The fraction of sp³-hybridized carbons (Fsp3) is 0.500. The molecular weight excluding hydrogens is 403 g/mol. The SMILES string of the molecule is CCC(=NOC)[C@@]12C=C(c3ccc(I)cc3)CC(CC1O)N2C. The van der Waals surface area contributed by atoms with E-state index in [4.69, 9.17) is 4.84 Å². The van der Waals surface area contributed by atoms with Gasteiger partial charge in [0.1, 0.15) is 12.6 Å². The van der Waals surface area contributed by atoms with Crippen molar-refractivity contribution in [3.8, 4) is 0 Å². The molecule has 1 aromatic rings. The summed E-state index contributed by atoms with van der Waals surface area (Å²) in [5.74, 6) is 0. The number of aliphatic hydroxyl groups is 1. The number of rotatable bonds is 4. The molecule has 5 heteroatoms. The lowest BCUT2D eigenvalue weighted by Crippen LogP contribution is -2.56. The Kier molecular flexibility index (Phi) is 4.80. The molecule has 1 saturated heterocycles. The summed E-state index contributed by atoms with van der Waals surface area (Å²) < 4.78 is 1.23. The van der Waals surface area contributed by atoms with E-state index in [2.05, 4.69) is 77.0 Å². The third kappa shape index (κ3) is 2.72. The van der Waals surface area contributed by atoms with Gasteiger partial charge in [-0.15, -0.1) is 0 Å². The van der Waals surface area contributed by atoms with Crippen LogP contribution in [0.3, 0.4) is 0 Å². The molecule has 0 amide bonds. The molecule has 0 saturated carbocycles. The normalized spacial score (nSPS) is 31.2. The van der Waals surface area contributed by atoms with Crippen molar-refractivity contribution in [1.29, 1.82) is 0 Å². The van der Waals surface area contributed by atoms with E-state index in [1.54, 1.807) is 7.11 Å². The second-order valence-corrected chi connectivity index (χ2v) is 7.54. The predicted octanol–water partition coefficient (Wildman–Crippen LogP) is 3.29. The smallest absolute Gasteiger partial charge is 0.108 e. The summed E-state index contributed by atoms with van der Waals surface area (Å²) in [5.41, 5.74) is 2.86. The first kappa shape index (κ1) is 16.9. The molecular formula is C18H23IN2O2. The molecule has 0 radical (unpaired) electrons. The minimum absolute atomic E-state index is 0.331. The minimum atomic E-state index is -0.550. The summed E-state index contributed by atoms with van der Waals surface area (Å²) >= 11 is 2.32. The van der Waals surface area contributed by atoms with Crippen LogP contribution in [-0.2, 0) is 4.84 Å². The van der Waals surface area contributed by atoms with Crippen LogP contribution in [0.5, 0.6) is 0 Å². The van der Waals surface area contributed by atoms with Crippen molar-refractivity contribution >= 4 is 33.9 Å². The third-order valence-corrected chi connectivity index (χ3v) is 5.92. The van der Waals surface area contributed by atoms with Gasteiger partial charge in [0.05, 0.1) is 11.8 Å². The molecule has 1 aromatic carbocycles. The van der Waals surface area contributed by atoms with Gasteiger partial charge >= 0.3 is 0 Å². The van der Waals surface area contributed by atoms with Crippen LogP contribution in [-0.4, -0.2) is 47.6 Å². The van der Waals surface area contributed by atoms with Gasteiger partial charge in [-0.1, -0.05) is 30.3 Å². The van der Waals surface area contributed by atoms with Gasteiger partial charge in [0, 0.05) is 9.61 Å². The summed E-state index contributed by atoms with van der Waals surface area (Å²) in [5, 5.41) is 15.1. The molecule has 0 aromatic heterocycles. The van der Waals surface area contributed by atoms with Crippen LogP contribution in [0.25, 0.3) is 5.57 Å². The maximum absolute atomic E-state index is 10.8. The van der Waals surface area contributed by atoms with E-state index < -0.39 is 11.6 Å². The molecule has 1 N–H and O–H groups in total. The molecule has 0 spiro atoms. The topological polar surface area (TPSA) is 45.1 Å². The highest BCUT2D eigenvalue weighted by Crippen LogP contribution is 2.45. The summed E-state index contributed by atoms with van der Waals surface area (Å²) in [7, 11) is 3.65. The second kappa shape index (κ2) is 6.53. The van der Waals surface area contributed by atoms with Crippen LogP contribution in [0, 0.1) is 3.57 Å². The van der Waals surface area contributed by atoms with Gasteiger partial charge in [-0.3, -0.25) is 4.90 Å². The van der Waals surface area contributed by atoms with Crippen molar-refractivity contribution in [2.45, 2.75) is 43.9 Å². The number of benzene rings is 1. The molecule has 23 heavy (non-hydrogen) atoms. The zero-order chi connectivity index (χ0) is 16.6. The highest BCUT2D eigenvalue weighted by Gasteiger charge is 2.55. The van der Waals surface area contributed by atoms with E-state index in [9.17, 15) is 5.11 Å². The largest absolute Gasteiger partial charge is 0.399 e. The number of halogens is 1. The van der Waals surface area contributed by atoms with Crippen LogP contribution >= 0.6 is 22.6 Å². The lowest BCUT2D eigenvalue weighted by atomic mass is 9.82. The second-order valence-electron chi connectivity index (χ2n) is 6.30. The van der Waals surface area contributed by atoms with Gasteiger partial charge in [-0.05, 0) is 72.2 Å². The Morgan fingerprint density at radius 3 is 2.74 bits per heavy atom. The Morgan fingerprint density at radius 1 is 1.43 bits per heavy atom. The maximum atomic E-state index is 10.8. The lowest BCUT2D eigenvalue weighted by Gasteiger charge is -2.42. The molecule has 3 rings (SSSR count). The average Bonchev–Trinajstić information content (AvgIpc) is 2.69. The van der Waals surface area contributed by atoms with E-state index in [0.717, 1.165) is 25.0 Å². The zero-order valence-corrected chi connectivity index (χ0v) is 15.9. The van der Waals surface area contributed by atoms with Crippen molar-refractivity contribution < 1.29 is 9.94 Å². The van der Waals surface area contributed by atoms with Crippen LogP contribution in [0.4, 0.5) is 0 Å². The highest BCUT2D eigenvalue weighted by molar-refractivity contribution is 14.1. The summed E-state index contributed by atoms with van der Waals surface area (Å²) in [4.78, 5) is 7.34. The number of aliphatic hydroxyl groups excluding tert-OH is 1. The number of nitrogens with zero attached hydrogens (tertiary/aromatic N) is 2. The van der Waals surface area contributed by atoms with Crippen molar-refractivity contribution in [2.24, 2.45) is 5.16 Å². The predicted molar refractivity (Wildman–Crippen MR) is 101 cm³/mol. The van der Waals surface area contributed by atoms with Gasteiger partial charge in [-0.2, -0.15) is 0 Å². The number of likely N-dealkylation sites (N-methyl/N-ethyl adjacent to an activating group) is 1. The van der Waals surface area contributed by atoms with E-state index >= 15 is 0 Å². The van der Waals surface area contributed by atoms with Crippen LogP contribution in [0.2, 0.25) is 0 Å². The Balaban J connectivity index is 2.11. The molecule has 0 aliphatic carbocycles. The van der Waals surface area contributed by atoms with Gasteiger partial charge < -0.3 is 9.94 Å². The summed E-state index contributed by atoms with van der Waals surface area (Å²) in [6, 6.07) is 8.92. The maximum Gasteiger partial charge on any atom is 0.108 e. The van der Waals surface area contributed by atoms with Crippen molar-refractivity contribution in [1.82, 2.24) is 4.90 Å². The van der Waals surface area contributed by atoms with E-state index in [1.165, 1.54) is 14.7 Å². The van der Waals surface area contributed by atoms with Crippen LogP contribution in [0.1, 0.15) is 31.7 Å². The molecule has 2 heterocycles. The molecule has 2 aliphatic heterocycles.